The van der Waals surface area contributed by atoms with Gasteiger partial charge in [0.25, 0.3) is 11.1 Å². The van der Waals surface area contributed by atoms with Gasteiger partial charge in [-0.05, 0) is 44.3 Å². The smallest absolute Gasteiger partial charge is 0.330 e. The van der Waals surface area contributed by atoms with Gasteiger partial charge in [0.2, 0.25) is 0 Å². The average molecular weight is 867 g/mol. The lowest BCUT2D eigenvalue weighted by Gasteiger charge is -2.16. The molecule has 3 aliphatic rings. The van der Waals surface area contributed by atoms with Gasteiger partial charge in [0, 0.05) is 53.6 Å². The van der Waals surface area contributed by atoms with Crippen LogP contribution in [0.4, 0.5) is 0 Å². The van der Waals surface area contributed by atoms with Gasteiger partial charge in [0.05, 0.1) is 0 Å². The maximum Gasteiger partial charge on any atom is 0.330 e. The molecule has 3 saturated heterocycles. The zero-order chi connectivity index (χ0) is 40.8. The topological polar surface area (TPSA) is 262 Å². The number of aliphatic hydroxyl groups excluding tert-OH is 4. The Kier molecular flexibility index (Phi) is 19.1. The number of hydrogen-bond donors (Lipinski definition) is 8. The Morgan fingerprint density at radius 2 is 1.29 bits per heavy atom. The summed E-state index contributed by atoms with van der Waals surface area (Å²) in [6, 6.07) is 2.21. The molecule has 0 spiro atoms. The van der Waals surface area contributed by atoms with Crippen molar-refractivity contribution in [2.75, 3.05) is 24.7 Å². The number of aliphatic hydroxyl groups is 4. The molecule has 0 bridgehead atoms. The number of esters is 2. The van der Waals surface area contributed by atoms with Crippen LogP contribution >= 0.6 is 46.8 Å². The highest BCUT2D eigenvalue weighted by Crippen LogP contribution is 2.40. The highest BCUT2D eigenvalue weighted by molar-refractivity contribution is 8.77. The van der Waals surface area contributed by atoms with Crippen molar-refractivity contribution in [2.45, 2.75) is 124 Å². The quantitative estimate of drug-likeness (QED) is 0.0434. The Balaban J connectivity index is 0.000000249. The number of rotatable bonds is 18. The molecule has 3 aliphatic heterocycles. The second-order valence-corrected chi connectivity index (χ2v) is 17.4. The summed E-state index contributed by atoms with van der Waals surface area (Å²) in [6.45, 7) is -0.471. The fourth-order valence-electron chi connectivity index (χ4n) is 6.09. The Morgan fingerprint density at radius 3 is 1.73 bits per heavy atom. The lowest BCUT2D eigenvalue weighted by Crippen LogP contribution is -2.37. The van der Waals surface area contributed by atoms with Crippen molar-refractivity contribution in [1.82, 2.24) is 19.1 Å². The molecule has 3 fully saturated rings. The predicted molar refractivity (Wildman–Crippen MR) is 213 cm³/mol. The van der Waals surface area contributed by atoms with Gasteiger partial charge in [-0.25, -0.2) is 9.59 Å². The lowest BCUT2D eigenvalue weighted by atomic mass is 10.1. The summed E-state index contributed by atoms with van der Waals surface area (Å²) in [4.78, 5) is 73.8. The Bertz CT molecular complexity index is 1790. The van der Waals surface area contributed by atoms with Crippen LogP contribution in [0.25, 0.3) is 0 Å². The van der Waals surface area contributed by atoms with Gasteiger partial charge >= 0.3 is 23.3 Å². The Labute approximate surface area is 340 Å². The largest absolute Gasteiger partial charge is 0.463 e. The lowest BCUT2D eigenvalue weighted by molar-refractivity contribution is -0.151. The third-order valence-corrected chi connectivity index (χ3v) is 13.0. The Morgan fingerprint density at radius 1 is 0.786 bits per heavy atom. The third kappa shape index (κ3) is 13.8. The monoisotopic (exact) mass is 866 g/mol. The van der Waals surface area contributed by atoms with Gasteiger partial charge in [-0.2, -0.15) is 25.3 Å². The van der Waals surface area contributed by atoms with E-state index in [4.69, 9.17) is 18.9 Å². The molecule has 5 heterocycles. The summed E-state index contributed by atoms with van der Waals surface area (Å²) in [5.74, 6) is 1.15. The van der Waals surface area contributed by atoms with Gasteiger partial charge in [-0.15, -0.1) is 0 Å². The van der Waals surface area contributed by atoms with Crippen LogP contribution in [-0.4, -0.2) is 123 Å². The minimum atomic E-state index is -1.41. The summed E-state index contributed by atoms with van der Waals surface area (Å²) in [5.41, 5.74) is -2.71. The molecular formula is C34H50N4O14S4. The number of hydrogen-bond acceptors (Lipinski definition) is 18. The molecule has 6 N–H and O–H groups in total. The minimum absolute atomic E-state index is 0.221. The van der Waals surface area contributed by atoms with E-state index in [-0.39, 0.29) is 30.9 Å². The van der Waals surface area contributed by atoms with E-state index in [1.165, 1.54) is 24.6 Å². The summed E-state index contributed by atoms with van der Waals surface area (Å²) in [6.07, 6.45) is 0.403. The molecule has 2 aromatic heterocycles. The van der Waals surface area contributed by atoms with Crippen molar-refractivity contribution in [3.8, 4) is 0 Å². The molecule has 0 saturated carbocycles. The first-order valence-electron chi connectivity index (χ1n) is 18.3. The van der Waals surface area contributed by atoms with Crippen LogP contribution in [0.1, 0.15) is 76.7 Å². The van der Waals surface area contributed by atoms with E-state index in [1.807, 2.05) is 26.6 Å². The first-order valence-corrected chi connectivity index (χ1v) is 21.9. The van der Waals surface area contributed by atoms with E-state index >= 15 is 0 Å². The molecule has 18 nitrogen and oxygen atoms in total. The van der Waals surface area contributed by atoms with Gasteiger partial charge in [0.1, 0.15) is 49.8 Å². The van der Waals surface area contributed by atoms with Gasteiger partial charge < -0.3 is 39.4 Å². The number of carbonyl (C=O) groups excluding carboxylic acids is 2. The minimum Gasteiger partial charge on any atom is -0.463 e. The number of nitrogens with one attached hydrogen (secondary N) is 2. The molecule has 2 aromatic rings. The molecular weight excluding hydrogens is 817 g/mol. The van der Waals surface area contributed by atoms with Gasteiger partial charge in [-0.3, -0.25) is 38.3 Å². The second-order valence-electron chi connectivity index (χ2n) is 13.5. The van der Waals surface area contributed by atoms with Crippen molar-refractivity contribution in [1.29, 1.82) is 0 Å². The normalized spacial score (nSPS) is 27.7. The molecule has 22 heteroatoms. The zero-order valence-electron chi connectivity index (χ0n) is 30.5. The first-order chi connectivity index (χ1) is 26.8. The number of unbranched alkanes of at least 4 members (excludes halogenated alkanes) is 2. The van der Waals surface area contributed by atoms with Crippen molar-refractivity contribution in [3.05, 3.63) is 66.2 Å². The molecule has 0 amide bonds. The molecule has 5 rings (SSSR count). The van der Waals surface area contributed by atoms with Crippen LogP contribution in [0.15, 0.2) is 43.7 Å². The van der Waals surface area contributed by atoms with Gasteiger partial charge in [0.15, 0.2) is 12.5 Å². The van der Waals surface area contributed by atoms with E-state index in [2.05, 4.69) is 30.2 Å². The summed E-state index contributed by atoms with van der Waals surface area (Å²) in [7, 11) is 3.81. The fraction of sp³-hybridized carbons (Fsp3) is 0.706. The number of H-pyrrole nitrogens is 2. The first kappa shape index (κ1) is 46.2. The van der Waals surface area contributed by atoms with Crippen LogP contribution in [0.2, 0.25) is 0 Å². The highest BCUT2D eigenvalue weighted by Gasteiger charge is 2.45. The van der Waals surface area contributed by atoms with Crippen LogP contribution in [-0.2, 0) is 28.5 Å². The van der Waals surface area contributed by atoms with Crippen LogP contribution in [0.5, 0.6) is 0 Å². The van der Waals surface area contributed by atoms with Crippen molar-refractivity contribution in [3.63, 3.8) is 0 Å². The maximum atomic E-state index is 11.9. The van der Waals surface area contributed by atoms with E-state index in [0.717, 1.165) is 65.5 Å². The van der Waals surface area contributed by atoms with E-state index in [9.17, 15) is 49.2 Å². The molecule has 2 unspecified atom stereocenters. The van der Waals surface area contributed by atoms with Crippen molar-refractivity contribution < 1.29 is 49.0 Å². The molecule has 314 valence electrons. The summed E-state index contributed by atoms with van der Waals surface area (Å²) < 4.78 is 23.2. The van der Waals surface area contributed by atoms with Crippen molar-refractivity contribution >= 4 is 58.8 Å². The second kappa shape index (κ2) is 23.2. The average Bonchev–Trinajstić information content (AvgIpc) is 3.86. The molecule has 0 aromatic carbocycles. The highest BCUT2D eigenvalue weighted by atomic mass is 33.1. The number of aromatic amines is 2. The van der Waals surface area contributed by atoms with E-state index in [1.54, 1.807) is 0 Å². The molecule has 56 heavy (non-hydrogen) atoms. The van der Waals surface area contributed by atoms with Crippen LogP contribution in [0, 0.1) is 0 Å². The SMILES string of the molecule is O=C(CCCCC(S)CCS)OC[C@H]1O[C@@H](n2ccc(=O)[nH]c2=O)[C@H](O)[C@@H]1O.O=C(CCCCC1CCSS1)OC[C@H]1O[C@@H](n2ccc(=O)[nH]c2=O)[C@H](O)[C@@H]1O. The van der Waals surface area contributed by atoms with Gasteiger partial charge in [-0.1, -0.05) is 34.4 Å². The standard InChI is InChI=1S/C17H24N2O7S2.C17H26N2O7S2/c20-12-5-7-19(17(24)18-12)16-15(23)14(22)11(26-16)9-25-13(21)4-2-1-3-10-6-8-27-28-10;20-12-5-7-19(17(24)18-12)16-15(23)14(22)11(26-16)9-25-13(21)4-2-1-3-10(28)6-8-27/h5,7,10-11,14-16,22-23H,1-4,6,8-9H2,(H,18,20,24);5,7,10-11,14-16,22-23,27-28H,1-4,6,8-9H2,(H,18,20,24)/t2*10?,11-,14-,15-,16-/m11/s1. The molecule has 0 radical (unpaired) electrons. The number of thiol groups is 2. The summed E-state index contributed by atoms with van der Waals surface area (Å²) >= 11 is 8.58. The Hall–Kier alpha value is -2.54. The number of nitrogens with zero attached hydrogens (tertiary/aromatic N) is 2. The molecule has 0 aliphatic carbocycles. The predicted octanol–water partition coefficient (Wildman–Crippen LogP) is 0.291. The van der Waals surface area contributed by atoms with Crippen molar-refractivity contribution in [2.24, 2.45) is 0 Å². The van der Waals surface area contributed by atoms with E-state index < -0.39 is 77.5 Å². The van der Waals surface area contributed by atoms with Crippen LogP contribution in [0.3, 0.4) is 0 Å². The third-order valence-electron chi connectivity index (χ3n) is 9.26. The fourth-order valence-corrected chi connectivity index (χ4v) is 9.95. The zero-order valence-corrected chi connectivity index (χ0v) is 33.9. The summed E-state index contributed by atoms with van der Waals surface area (Å²) in [5, 5.41) is 41.5. The number of aromatic nitrogens is 4. The number of carbonyl (C=O) groups is 2. The number of ether oxygens (including phenoxy) is 4. The van der Waals surface area contributed by atoms with Crippen LogP contribution < -0.4 is 22.5 Å². The molecule has 10 atom stereocenters. The maximum absolute atomic E-state index is 11.9. The van der Waals surface area contributed by atoms with E-state index in [0.29, 0.717) is 18.1 Å².